The summed E-state index contributed by atoms with van der Waals surface area (Å²) in [5.74, 6) is -2.42. The zero-order valence-electron chi connectivity index (χ0n) is 19.0. The van der Waals surface area contributed by atoms with Gasteiger partial charge in [-0.15, -0.1) is 0 Å². The van der Waals surface area contributed by atoms with Crippen molar-refractivity contribution < 1.29 is 29.0 Å². The van der Waals surface area contributed by atoms with E-state index < -0.39 is 29.9 Å². The van der Waals surface area contributed by atoms with Crippen molar-refractivity contribution in [3.05, 3.63) is 59.7 Å². The second-order valence-corrected chi connectivity index (χ2v) is 8.06. The number of rotatable bonds is 11. The molecule has 3 amide bonds. The summed E-state index contributed by atoms with van der Waals surface area (Å²) in [5, 5.41) is 16.2. The summed E-state index contributed by atoms with van der Waals surface area (Å²) < 4.78 is 5.36. The maximum atomic E-state index is 12.1. The van der Waals surface area contributed by atoms with Gasteiger partial charge in [0.2, 0.25) is 11.8 Å². The lowest BCUT2D eigenvalue weighted by Gasteiger charge is -2.15. The number of hydrogen-bond acceptors (Lipinski definition) is 5. The number of carbonyl (C=O) groups is 4. The molecule has 9 nitrogen and oxygen atoms in total. The van der Waals surface area contributed by atoms with E-state index in [2.05, 4.69) is 16.0 Å². The van der Waals surface area contributed by atoms with Gasteiger partial charge in [-0.25, -0.2) is 9.59 Å². The first-order chi connectivity index (χ1) is 16.4. The number of carbonyl (C=O) groups excluding carboxylic acids is 3. The summed E-state index contributed by atoms with van der Waals surface area (Å²) in [6.07, 6.45) is 1.03. The van der Waals surface area contributed by atoms with Crippen LogP contribution in [0.4, 0.5) is 4.79 Å². The van der Waals surface area contributed by atoms with E-state index in [1.165, 1.54) is 0 Å². The van der Waals surface area contributed by atoms with Gasteiger partial charge in [0, 0.05) is 5.92 Å². The van der Waals surface area contributed by atoms with E-state index in [0.29, 0.717) is 12.8 Å². The molecule has 2 aromatic carbocycles. The molecule has 0 radical (unpaired) electrons. The molecule has 0 heterocycles. The summed E-state index contributed by atoms with van der Waals surface area (Å²) in [4.78, 5) is 47.2. The first-order valence-corrected chi connectivity index (χ1v) is 11.3. The summed E-state index contributed by atoms with van der Waals surface area (Å²) in [7, 11) is 0. The summed E-state index contributed by atoms with van der Waals surface area (Å²) in [5.41, 5.74) is 4.40. The van der Waals surface area contributed by atoms with Gasteiger partial charge >= 0.3 is 12.1 Å². The lowest BCUT2D eigenvalue weighted by Crippen LogP contribution is -2.47. The summed E-state index contributed by atoms with van der Waals surface area (Å²) >= 11 is 0. The molecule has 34 heavy (non-hydrogen) atoms. The molecule has 180 valence electrons. The molecule has 3 rings (SSSR count). The molecule has 1 aliphatic rings. The number of benzene rings is 2. The maximum absolute atomic E-state index is 12.1. The number of hydrogen-bond donors (Lipinski definition) is 4. The lowest BCUT2D eigenvalue weighted by molar-refractivity contribution is -0.142. The molecule has 1 unspecified atom stereocenters. The van der Waals surface area contributed by atoms with Crippen molar-refractivity contribution in [2.24, 2.45) is 0 Å². The van der Waals surface area contributed by atoms with Gasteiger partial charge in [-0.2, -0.15) is 0 Å². The highest BCUT2D eigenvalue weighted by molar-refractivity contribution is 5.89. The van der Waals surface area contributed by atoms with Crippen LogP contribution in [0.5, 0.6) is 0 Å². The second kappa shape index (κ2) is 11.8. The number of nitrogens with one attached hydrogen (secondary N) is 3. The predicted octanol–water partition coefficient (Wildman–Crippen LogP) is 2.40. The van der Waals surface area contributed by atoms with Gasteiger partial charge < -0.3 is 25.8 Å². The third-order valence-corrected chi connectivity index (χ3v) is 5.66. The van der Waals surface area contributed by atoms with Crippen LogP contribution < -0.4 is 16.0 Å². The Morgan fingerprint density at radius 3 is 2.09 bits per heavy atom. The third-order valence-electron chi connectivity index (χ3n) is 5.66. The quantitative estimate of drug-likeness (QED) is 0.401. The number of carboxylic acids is 1. The normalized spacial score (nSPS) is 12.7. The van der Waals surface area contributed by atoms with Crippen molar-refractivity contribution in [2.45, 2.75) is 38.1 Å². The van der Waals surface area contributed by atoms with Crippen LogP contribution in [0, 0.1) is 0 Å². The minimum atomic E-state index is -1.12. The number of alkyl carbamates (subject to hydrolysis) is 1. The number of aliphatic carboxylic acids is 1. The van der Waals surface area contributed by atoms with E-state index in [9.17, 15) is 19.2 Å². The van der Waals surface area contributed by atoms with Crippen molar-refractivity contribution in [1.29, 1.82) is 0 Å². The average Bonchev–Trinajstić information content (AvgIpc) is 3.16. The molecule has 0 fully saturated rings. The minimum absolute atomic E-state index is 0.0921. The van der Waals surface area contributed by atoms with Gasteiger partial charge in [0.05, 0.1) is 6.54 Å². The maximum Gasteiger partial charge on any atom is 0.407 e. The molecule has 0 aliphatic heterocycles. The van der Waals surface area contributed by atoms with Crippen LogP contribution in [-0.4, -0.2) is 54.7 Å². The van der Waals surface area contributed by atoms with Gasteiger partial charge in [0.15, 0.2) is 0 Å². The van der Waals surface area contributed by atoms with Gasteiger partial charge in [-0.1, -0.05) is 68.3 Å². The highest BCUT2D eigenvalue weighted by Gasteiger charge is 2.29. The van der Waals surface area contributed by atoms with E-state index in [-0.39, 0.29) is 25.6 Å². The smallest absolute Gasteiger partial charge is 0.407 e. The van der Waals surface area contributed by atoms with Gasteiger partial charge in [-0.3, -0.25) is 9.59 Å². The van der Waals surface area contributed by atoms with E-state index in [4.69, 9.17) is 9.84 Å². The highest BCUT2D eigenvalue weighted by Crippen LogP contribution is 2.44. The van der Waals surface area contributed by atoms with Gasteiger partial charge in [0.1, 0.15) is 19.2 Å². The van der Waals surface area contributed by atoms with Crippen molar-refractivity contribution in [3.63, 3.8) is 0 Å². The molecule has 0 saturated carbocycles. The van der Waals surface area contributed by atoms with Crippen molar-refractivity contribution in [2.75, 3.05) is 19.7 Å². The molecular formula is C25H29N3O6. The number of carboxylic acid groups (broad SMARTS) is 1. The lowest BCUT2D eigenvalue weighted by atomic mass is 9.98. The Morgan fingerprint density at radius 2 is 1.50 bits per heavy atom. The van der Waals surface area contributed by atoms with E-state index in [0.717, 1.165) is 28.7 Å². The molecule has 2 aromatic rings. The van der Waals surface area contributed by atoms with Crippen molar-refractivity contribution in [1.82, 2.24) is 16.0 Å². The second-order valence-electron chi connectivity index (χ2n) is 8.06. The Bertz CT molecular complexity index is 1010. The monoisotopic (exact) mass is 467 g/mol. The zero-order valence-corrected chi connectivity index (χ0v) is 19.0. The van der Waals surface area contributed by atoms with E-state index in [1.807, 2.05) is 55.5 Å². The zero-order chi connectivity index (χ0) is 24.5. The average molecular weight is 468 g/mol. The van der Waals surface area contributed by atoms with Crippen LogP contribution in [0.25, 0.3) is 11.1 Å². The Hall–Kier alpha value is -3.88. The molecule has 0 aromatic heterocycles. The summed E-state index contributed by atoms with van der Waals surface area (Å²) in [6, 6.07) is 14.9. The largest absolute Gasteiger partial charge is 0.480 e. The Balaban J connectivity index is 1.41. The Kier molecular flexibility index (Phi) is 8.61. The standard InChI is InChI=1S/C25H29N3O6/c1-2-3-12-21(24(31)32)28-23(30)14-26-22(29)13-27-25(33)34-15-20-18-10-6-4-8-16(18)17-9-5-7-11-19(17)20/h4-11,20-21H,2-3,12-15H2,1H3,(H,26,29)(H,27,33)(H,28,30)(H,31,32). The molecule has 1 aliphatic carbocycles. The number of ether oxygens (including phenoxy) is 1. The fraction of sp³-hybridized carbons (Fsp3) is 0.360. The molecule has 4 N–H and O–H groups in total. The Labute approximate surface area is 197 Å². The predicted molar refractivity (Wildman–Crippen MR) is 125 cm³/mol. The molecule has 0 bridgehead atoms. The minimum Gasteiger partial charge on any atom is -0.480 e. The summed E-state index contributed by atoms with van der Waals surface area (Å²) in [6.45, 7) is 1.28. The topological polar surface area (TPSA) is 134 Å². The molecule has 9 heteroatoms. The molecule has 0 saturated heterocycles. The van der Waals surface area contributed by atoms with Crippen molar-refractivity contribution >= 4 is 23.9 Å². The van der Waals surface area contributed by atoms with Crippen LogP contribution in [0.15, 0.2) is 48.5 Å². The number of unbranched alkanes of at least 4 members (excludes halogenated alkanes) is 1. The SMILES string of the molecule is CCCCC(NC(=O)CNC(=O)CNC(=O)OCC1c2ccccc2-c2ccccc21)C(=O)O. The third kappa shape index (κ3) is 6.34. The fourth-order valence-corrected chi connectivity index (χ4v) is 3.95. The van der Waals surface area contributed by atoms with Crippen LogP contribution in [-0.2, 0) is 19.1 Å². The first-order valence-electron chi connectivity index (χ1n) is 11.3. The van der Waals surface area contributed by atoms with E-state index >= 15 is 0 Å². The van der Waals surface area contributed by atoms with Crippen LogP contribution in [0.2, 0.25) is 0 Å². The van der Waals surface area contributed by atoms with Crippen LogP contribution in [0.3, 0.4) is 0 Å². The van der Waals surface area contributed by atoms with Gasteiger partial charge in [0.25, 0.3) is 0 Å². The highest BCUT2D eigenvalue weighted by atomic mass is 16.5. The number of fused-ring (bicyclic) bond motifs is 3. The molecular weight excluding hydrogens is 438 g/mol. The number of amides is 3. The van der Waals surface area contributed by atoms with Crippen LogP contribution >= 0.6 is 0 Å². The van der Waals surface area contributed by atoms with Gasteiger partial charge in [-0.05, 0) is 28.7 Å². The first kappa shape index (κ1) is 24.8. The Morgan fingerprint density at radius 1 is 0.912 bits per heavy atom. The van der Waals surface area contributed by atoms with Crippen LogP contribution in [0.1, 0.15) is 43.2 Å². The van der Waals surface area contributed by atoms with Crippen molar-refractivity contribution in [3.8, 4) is 11.1 Å². The molecule has 1 atom stereocenters. The fourth-order valence-electron chi connectivity index (χ4n) is 3.95. The molecule has 0 spiro atoms. The van der Waals surface area contributed by atoms with E-state index in [1.54, 1.807) is 0 Å².